The highest BCUT2D eigenvalue weighted by Crippen LogP contribution is 2.30. The number of carbonyl (C=O) groups is 1. The lowest BCUT2D eigenvalue weighted by Crippen LogP contribution is -2.21. The summed E-state index contributed by atoms with van der Waals surface area (Å²) >= 11 is 0. The molecule has 0 spiro atoms. The van der Waals surface area contributed by atoms with Gasteiger partial charge in [0, 0.05) is 18.4 Å². The quantitative estimate of drug-likeness (QED) is 0.296. The summed E-state index contributed by atoms with van der Waals surface area (Å²) in [5, 5.41) is 4.05. The topological polar surface area (TPSA) is 106 Å². The van der Waals surface area contributed by atoms with Crippen molar-refractivity contribution in [1.29, 1.82) is 0 Å². The second-order valence-corrected chi connectivity index (χ2v) is 7.48. The van der Waals surface area contributed by atoms with Crippen LogP contribution >= 0.6 is 0 Å². The zero-order valence-corrected chi connectivity index (χ0v) is 18.7. The van der Waals surface area contributed by atoms with Gasteiger partial charge in [-0.1, -0.05) is 48.5 Å². The Morgan fingerprint density at radius 2 is 1.85 bits per heavy atom. The average Bonchev–Trinajstić information content (AvgIpc) is 2.87. The van der Waals surface area contributed by atoms with Gasteiger partial charge in [0.2, 0.25) is 5.91 Å². The number of aromatic nitrogens is 2. The zero-order valence-electron chi connectivity index (χ0n) is 18.7. The first kappa shape index (κ1) is 22.7. The molecule has 34 heavy (non-hydrogen) atoms. The Bertz CT molecular complexity index is 1370. The summed E-state index contributed by atoms with van der Waals surface area (Å²) in [5.74, 6) is 0.756. The lowest BCUT2D eigenvalue weighted by Gasteiger charge is -2.13. The molecule has 0 saturated heterocycles. The number of carbonyl (C=O) groups excluding carboxylic acids is 1. The fraction of sp³-hybridized carbons (Fsp3) is 0.154. The molecule has 0 fully saturated rings. The van der Waals surface area contributed by atoms with Crippen molar-refractivity contribution in [3.63, 3.8) is 0 Å². The van der Waals surface area contributed by atoms with Crippen LogP contribution in [0.5, 0.6) is 11.5 Å². The molecular formula is C26H24N4O4. The van der Waals surface area contributed by atoms with Crippen LogP contribution in [-0.2, 0) is 17.8 Å². The first-order valence-corrected chi connectivity index (χ1v) is 10.8. The van der Waals surface area contributed by atoms with Gasteiger partial charge in [0.25, 0.3) is 5.56 Å². The van der Waals surface area contributed by atoms with Crippen molar-refractivity contribution in [2.75, 3.05) is 7.11 Å². The largest absolute Gasteiger partial charge is 0.493 e. The van der Waals surface area contributed by atoms with E-state index < -0.39 is 0 Å². The predicted octanol–water partition coefficient (Wildman–Crippen LogP) is 3.59. The predicted molar refractivity (Wildman–Crippen MR) is 130 cm³/mol. The molecule has 8 nitrogen and oxygen atoms in total. The fourth-order valence-electron chi connectivity index (χ4n) is 3.38. The molecule has 0 unspecified atom stereocenters. The third-order valence-electron chi connectivity index (χ3n) is 5.11. The summed E-state index contributed by atoms with van der Waals surface area (Å²) < 4.78 is 11.4. The normalized spacial score (nSPS) is 11.0. The van der Waals surface area contributed by atoms with Gasteiger partial charge in [-0.05, 0) is 29.8 Å². The van der Waals surface area contributed by atoms with E-state index in [9.17, 15) is 9.59 Å². The van der Waals surface area contributed by atoms with E-state index in [0.717, 1.165) is 5.56 Å². The number of benzene rings is 3. The van der Waals surface area contributed by atoms with Gasteiger partial charge < -0.3 is 14.5 Å². The number of fused-ring (bicyclic) bond motifs is 1. The van der Waals surface area contributed by atoms with Crippen LogP contribution in [0.4, 0.5) is 0 Å². The van der Waals surface area contributed by atoms with E-state index >= 15 is 0 Å². The molecule has 2 N–H and O–H groups in total. The van der Waals surface area contributed by atoms with Crippen molar-refractivity contribution in [3.8, 4) is 11.5 Å². The second-order valence-electron chi connectivity index (χ2n) is 7.48. The van der Waals surface area contributed by atoms with E-state index in [4.69, 9.17) is 9.47 Å². The van der Waals surface area contributed by atoms with E-state index in [-0.39, 0.29) is 24.3 Å². The number of nitrogens with one attached hydrogen (secondary N) is 2. The third-order valence-corrected chi connectivity index (χ3v) is 5.11. The second kappa shape index (κ2) is 10.9. The van der Waals surface area contributed by atoms with E-state index in [1.54, 1.807) is 19.2 Å². The lowest BCUT2D eigenvalue weighted by atomic mass is 10.2. The van der Waals surface area contributed by atoms with Gasteiger partial charge in [0.1, 0.15) is 12.3 Å². The van der Waals surface area contributed by atoms with Crippen LogP contribution in [0.15, 0.2) is 82.7 Å². The number of methoxy groups -OCH3 is 1. The maximum absolute atomic E-state index is 12.3. The molecule has 172 valence electrons. The van der Waals surface area contributed by atoms with Gasteiger partial charge in [0.05, 0.1) is 24.4 Å². The molecular weight excluding hydrogens is 432 g/mol. The highest BCUT2D eigenvalue weighted by molar-refractivity contribution is 5.86. The number of H-pyrrole nitrogens is 1. The number of aromatic amines is 1. The Balaban J connectivity index is 1.38. The van der Waals surface area contributed by atoms with Gasteiger partial charge in [-0.15, -0.1) is 0 Å². The Kier molecular flexibility index (Phi) is 7.29. The highest BCUT2D eigenvalue weighted by atomic mass is 16.5. The Morgan fingerprint density at radius 3 is 2.68 bits per heavy atom. The average molecular weight is 457 g/mol. The Hall–Kier alpha value is -4.46. The molecule has 4 rings (SSSR count). The molecule has 3 aromatic carbocycles. The molecule has 1 amide bonds. The van der Waals surface area contributed by atoms with Crippen molar-refractivity contribution < 1.29 is 14.3 Å². The Morgan fingerprint density at radius 1 is 1.06 bits per heavy atom. The molecule has 8 heteroatoms. The number of para-hydroxylation sites is 3. The fourth-order valence-corrected chi connectivity index (χ4v) is 3.38. The van der Waals surface area contributed by atoms with Crippen LogP contribution in [0.1, 0.15) is 23.2 Å². The summed E-state index contributed by atoms with van der Waals surface area (Å²) in [7, 11) is 1.57. The van der Waals surface area contributed by atoms with Gasteiger partial charge in [-0.3, -0.25) is 9.59 Å². The maximum Gasteiger partial charge on any atom is 0.270 e. The molecule has 0 radical (unpaired) electrons. The molecule has 0 aliphatic heterocycles. The van der Waals surface area contributed by atoms with Gasteiger partial charge in [0.15, 0.2) is 11.5 Å². The molecule has 0 saturated carbocycles. The summed E-state index contributed by atoms with van der Waals surface area (Å²) in [6.07, 6.45) is 1.77. The van der Waals surface area contributed by atoms with Gasteiger partial charge in [-0.2, -0.15) is 5.10 Å². The van der Waals surface area contributed by atoms with E-state index in [2.05, 4.69) is 20.5 Å². The first-order valence-electron chi connectivity index (χ1n) is 10.8. The van der Waals surface area contributed by atoms with Gasteiger partial charge in [-0.25, -0.2) is 10.4 Å². The van der Waals surface area contributed by atoms with Gasteiger partial charge >= 0.3 is 0 Å². The minimum atomic E-state index is -0.333. The number of ether oxygens (including phenoxy) is 2. The smallest absolute Gasteiger partial charge is 0.270 e. The molecule has 0 bridgehead atoms. The number of nitrogens with zero attached hydrogens (tertiary/aromatic N) is 2. The maximum atomic E-state index is 12.3. The number of amides is 1. The molecule has 0 aliphatic rings. The van der Waals surface area contributed by atoms with Crippen LogP contribution in [0.3, 0.4) is 0 Å². The molecule has 0 atom stereocenters. The summed E-state index contributed by atoms with van der Waals surface area (Å²) in [6, 6.07) is 22.5. The molecule has 0 aliphatic carbocycles. The van der Waals surface area contributed by atoms with E-state index in [1.807, 2.05) is 60.7 Å². The van der Waals surface area contributed by atoms with Crippen LogP contribution in [-0.4, -0.2) is 29.2 Å². The number of hydrogen-bond acceptors (Lipinski definition) is 6. The number of rotatable bonds is 9. The summed E-state index contributed by atoms with van der Waals surface area (Å²) in [6.45, 7) is 0.363. The monoisotopic (exact) mass is 456 g/mol. The zero-order chi connectivity index (χ0) is 23.8. The standard InChI is InChI=1S/C26H24N4O4/c1-33-23-13-7-10-19(25(23)34-17-18-8-3-2-4-9-18)16-27-30-24(31)15-14-22-26(32)29-21-12-6-5-11-20(21)28-22/h2-13,16H,14-15,17H2,1H3,(H,29,32)(H,30,31)/b27-16-. The summed E-state index contributed by atoms with van der Waals surface area (Å²) in [5.41, 5.74) is 5.51. The molecule has 4 aromatic rings. The SMILES string of the molecule is COc1cccc(/C=N\NC(=O)CCc2nc3ccccc3[nH]c2=O)c1OCc1ccccc1. The van der Waals surface area contributed by atoms with Crippen LogP contribution < -0.4 is 20.5 Å². The molecule has 1 heterocycles. The van der Waals surface area contributed by atoms with E-state index in [0.29, 0.717) is 40.4 Å². The van der Waals surface area contributed by atoms with Crippen molar-refractivity contribution in [3.05, 3.63) is 100.0 Å². The van der Waals surface area contributed by atoms with Crippen molar-refractivity contribution >= 4 is 23.2 Å². The van der Waals surface area contributed by atoms with Crippen LogP contribution in [0, 0.1) is 0 Å². The first-order chi connectivity index (χ1) is 16.6. The van der Waals surface area contributed by atoms with E-state index in [1.165, 1.54) is 6.21 Å². The van der Waals surface area contributed by atoms with Crippen molar-refractivity contribution in [1.82, 2.24) is 15.4 Å². The number of hydrazone groups is 1. The van der Waals surface area contributed by atoms with Crippen LogP contribution in [0.2, 0.25) is 0 Å². The van der Waals surface area contributed by atoms with Crippen LogP contribution in [0.25, 0.3) is 11.0 Å². The highest BCUT2D eigenvalue weighted by Gasteiger charge is 2.11. The minimum absolute atomic E-state index is 0.0707. The van der Waals surface area contributed by atoms with Crippen molar-refractivity contribution in [2.24, 2.45) is 5.10 Å². The minimum Gasteiger partial charge on any atom is -0.493 e. The number of aryl methyl sites for hydroxylation is 1. The molecule has 1 aromatic heterocycles. The van der Waals surface area contributed by atoms with Crippen molar-refractivity contribution in [2.45, 2.75) is 19.4 Å². The summed E-state index contributed by atoms with van der Waals surface area (Å²) in [4.78, 5) is 31.6. The Labute approximate surface area is 196 Å². The number of hydrogen-bond donors (Lipinski definition) is 2. The lowest BCUT2D eigenvalue weighted by molar-refractivity contribution is -0.121. The third kappa shape index (κ3) is 5.66.